The lowest BCUT2D eigenvalue weighted by Crippen LogP contribution is -2.31. The molecular formula is C15H12FNO2. The van der Waals surface area contributed by atoms with Crippen molar-refractivity contribution in [2.24, 2.45) is 0 Å². The molecule has 1 aliphatic heterocycles. The van der Waals surface area contributed by atoms with Gasteiger partial charge in [-0.3, -0.25) is 4.79 Å². The average molecular weight is 257 g/mol. The number of amides is 1. The van der Waals surface area contributed by atoms with Crippen LogP contribution in [0.15, 0.2) is 48.5 Å². The van der Waals surface area contributed by atoms with Crippen molar-refractivity contribution in [1.29, 1.82) is 0 Å². The fourth-order valence-corrected chi connectivity index (χ4v) is 2.10. The topological polar surface area (TPSA) is 38.3 Å². The maximum absolute atomic E-state index is 13.4. The first-order valence-corrected chi connectivity index (χ1v) is 6.04. The summed E-state index contributed by atoms with van der Waals surface area (Å²) in [6.07, 6.45) is -0.0896. The first-order chi connectivity index (χ1) is 9.24. The van der Waals surface area contributed by atoms with Crippen molar-refractivity contribution in [3.05, 3.63) is 59.9 Å². The minimum atomic E-state index is -0.600. The lowest BCUT2D eigenvalue weighted by Gasteiger charge is -2.11. The van der Waals surface area contributed by atoms with Crippen LogP contribution in [-0.4, -0.2) is 12.0 Å². The van der Waals surface area contributed by atoms with Gasteiger partial charge in [0.15, 0.2) is 6.10 Å². The van der Waals surface area contributed by atoms with Crippen LogP contribution in [0.25, 0.3) is 0 Å². The Hall–Kier alpha value is -2.36. The number of carbonyl (C=O) groups excluding carboxylic acids is 1. The zero-order valence-corrected chi connectivity index (χ0v) is 10.1. The second kappa shape index (κ2) is 4.72. The third-order valence-electron chi connectivity index (χ3n) is 3.07. The molecule has 19 heavy (non-hydrogen) atoms. The normalized spacial score (nSPS) is 16.6. The monoisotopic (exact) mass is 257 g/mol. The minimum Gasteiger partial charge on any atom is -0.480 e. The van der Waals surface area contributed by atoms with E-state index in [0.29, 0.717) is 6.42 Å². The van der Waals surface area contributed by atoms with Gasteiger partial charge < -0.3 is 10.1 Å². The zero-order chi connectivity index (χ0) is 13.2. The zero-order valence-electron chi connectivity index (χ0n) is 10.1. The number of benzene rings is 2. The van der Waals surface area contributed by atoms with Gasteiger partial charge in [0, 0.05) is 6.42 Å². The van der Waals surface area contributed by atoms with E-state index in [4.69, 9.17) is 4.74 Å². The second-order valence-corrected chi connectivity index (χ2v) is 4.39. The Labute approximate surface area is 110 Å². The summed E-state index contributed by atoms with van der Waals surface area (Å²) in [5.74, 6) is -0.0659. The van der Waals surface area contributed by atoms with E-state index in [0.717, 1.165) is 11.3 Å². The predicted molar refractivity (Wildman–Crippen MR) is 69.6 cm³/mol. The van der Waals surface area contributed by atoms with Crippen LogP contribution < -0.4 is 10.1 Å². The van der Waals surface area contributed by atoms with Crippen LogP contribution in [-0.2, 0) is 11.2 Å². The summed E-state index contributed by atoms with van der Waals surface area (Å²) >= 11 is 0. The van der Waals surface area contributed by atoms with Crippen molar-refractivity contribution in [2.45, 2.75) is 12.5 Å². The van der Waals surface area contributed by atoms with E-state index in [1.54, 1.807) is 12.1 Å². The number of hydrogen-bond donors (Lipinski definition) is 1. The summed E-state index contributed by atoms with van der Waals surface area (Å²) in [7, 11) is 0. The molecule has 0 radical (unpaired) electrons. The van der Waals surface area contributed by atoms with Crippen molar-refractivity contribution in [3.8, 4) is 5.75 Å². The van der Waals surface area contributed by atoms with Crippen molar-refractivity contribution in [2.75, 3.05) is 5.32 Å². The van der Waals surface area contributed by atoms with Gasteiger partial charge in [-0.25, -0.2) is 4.39 Å². The fourth-order valence-electron chi connectivity index (χ4n) is 2.10. The highest BCUT2D eigenvalue weighted by Crippen LogP contribution is 2.28. The quantitative estimate of drug-likeness (QED) is 0.898. The molecule has 0 unspecified atom stereocenters. The number of carbonyl (C=O) groups is 1. The van der Waals surface area contributed by atoms with Gasteiger partial charge in [-0.05, 0) is 23.8 Å². The van der Waals surface area contributed by atoms with Gasteiger partial charge in [0.05, 0.1) is 5.69 Å². The van der Waals surface area contributed by atoms with E-state index in [2.05, 4.69) is 5.32 Å². The molecule has 0 aliphatic carbocycles. The van der Waals surface area contributed by atoms with E-state index in [1.807, 2.05) is 24.3 Å². The number of fused-ring (bicyclic) bond motifs is 1. The fraction of sp³-hybridized carbons (Fsp3) is 0.133. The SMILES string of the molecule is O=C(Nc1ccccc1F)[C@H]1Cc2ccccc2O1. The van der Waals surface area contributed by atoms with Gasteiger partial charge in [-0.15, -0.1) is 0 Å². The van der Waals surface area contributed by atoms with Gasteiger partial charge in [0.2, 0.25) is 0 Å². The van der Waals surface area contributed by atoms with Crippen molar-refractivity contribution < 1.29 is 13.9 Å². The van der Waals surface area contributed by atoms with E-state index in [1.165, 1.54) is 12.1 Å². The smallest absolute Gasteiger partial charge is 0.265 e. The first-order valence-electron chi connectivity index (χ1n) is 6.04. The van der Waals surface area contributed by atoms with Gasteiger partial charge in [0.1, 0.15) is 11.6 Å². The molecule has 0 bridgehead atoms. The maximum atomic E-state index is 13.4. The molecule has 1 atom stereocenters. The van der Waals surface area contributed by atoms with Gasteiger partial charge >= 0.3 is 0 Å². The third-order valence-corrected chi connectivity index (χ3v) is 3.07. The minimum absolute atomic E-state index is 0.173. The predicted octanol–water partition coefficient (Wildman–Crippen LogP) is 2.77. The van der Waals surface area contributed by atoms with Crippen LogP contribution in [0.3, 0.4) is 0 Å². The van der Waals surface area contributed by atoms with Gasteiger partial charge in [-0.1, -0.05) is 30.3 Å². The molecule has 0 saturated carbocycles. The summed E-state index contributed by atoms with van der Waals surface area (Å²) in [6, 6.07) is 13.6. The Kier molecular flexibility index (Phi) is 2.91. The highest BCUT2D eigenvalue weighted by Gasteiger charge is 2.29. The van der Waals surface area contributed by atoms with Gasteiger partial charge in [-0.2, -0.15) is 0 Å². The Bertz CT molecular complexity index is 602. The molecular weight excluding hydrogens is 245 g/mol. The summed E-state index contributed by atoms with van der Waals surface area (Å²) in [6.45, 7) is 0. The average Bonchev–Trinajstić information content (AvgIpc) is 2.85. The van der Waals surface area contributed by atoms with E-state index in [9.17, 15) is 9.18 Å². The van der Waals surface area contributed by atoms with Gasteiger partial charge in [0.25, 0.3) is 5.91 Å². The lowest BCUT2D eigenvalue weighted by molar-refractivity contribution is -0.122. The van der Waals surface area contributed by atoms with Crippen LogP contribution in [0.2, 0.25) is 0 Å². The molecule has 2 aromatic carbocycles. The third kappa shape index (κ3) is 2.29. The molecule has 0 spiro atoms. The van der Waals surface area contributed by atoms with Crippen LogP contribution in [0.4, 0.5) is 10.1 Å². The Morgan fingerprint density at radius 3 is 2.68 bits per heavy atom. The molecule has 1 amide bonds. The molecule has 0 aromatic heterocycles. The Balaban J connectivity index is 1.72. The van der Waals surface area contributed by atoms with Crippen molar-refractivity contribution in [3.63, 3.8) is 0 Å². The number of rotatable bonds is 2. The van der Waals surface area contributed by atoms with Crippen molar-refractivity contribution >= 4 is 11.6 Å². The largest absolute Gasteiger partial charge is 0.480 e. The molecule has 0 saturated heterocycles. The molecule has 1 aliphatic rings. The summed E-state index contributed by atoms with van der Waals surface area (Å²) in [5.41, 5.74) is 1.17. The molecule has 2 aromatic rings. The number of para-hydroxylation sites is 2. The number of anilines is 1. The number of nitrogens with one attached hydrogen (secondary N) is 1. The second-order valence-electron chi connectivity index (χ2n) is 4.39. The van der Waals surface area contributed by atoms with Crippen LogP contribution in [0.5, 0.6) is 5.75 Å². The molecule has 1 heterocycles. The standard InChI is InChI=1S/C15H12FNO2/c16-11-6-2-3-7-12(11)17-15(18)14-9-10-5-1-4-8-13(10)19-14/h1-8,14H,9H2,(H,17,18)/t14-/m1/s1. The first kappa shape index (κ1) is 11.7. The van der Waals surface area contributed by atoms with E-state index in [-0.39, 0.29) is 11.6 Å². The molecule has 1 N–H and O–H groups in total. The molecule has 96 valence electrons. The number of halogens is 1. The molecule has 3 rings (SSSR count). The van der Waals surface area contributed by atoms with E-state index >= 15 is 0 Å². The lowest BCUT2D eigenvalue weighted by atomic mass is 10.1. The molecule has 3 nitrogen and oxygen atoms in total. The van der Waals surface area contributed by atoms with Crippen LogP contribution >= 0.6 is 0 Å². The Morgan fingerprint density at radius 2 is 1.89 bits per heavy atom. The summed E-state index contributed by atoms with van der Waals surface area (Å²) in [4.78, 5) is 12.0. The highest BCUT2D eigenvalue weighted by molar-refractivity contribution is 5.95. The molecule has 0 fully saturated rings. The maximum Gasteiger partial charge on any atom is 0.265 e. The number of ether oxygens (including phenoxy) is 1. The van der Waals surface area contributed by atoms with E-state index < -0.39 is 11.9 Å². The van der Waals surface area contributed by atoms with Crippen molar-refractivity contribution in [1.82, 2.24) is 0 Å². The Morgan fingerprint density at radius 1 is 1.16 bits per heavy atom. The van der Waals surface area contributed by atoms with Crippen LogP contribution in [0.1, 0.15) is 5.56 Å². The molecule has 4 heteroatoms. The summed E-state index contributed by atoms with van der Waals surface area (Å²) in [5, 5.41) is 2.55. The van der Waals surface area contributed by atoms with Crippen LogP contribution in [0, 0.1) is 5.82 Å². The highest BCUT2D eigenvalue weighted by atomic mass is 19.1. The summed E-state index contributed by atoms with van der Waals surface area (Å²) < 4.78 is 19.0. The number of hydrogen-bond acceptors (Lipinski definition) is 2.